The monoisotopic (exact) mass is 768 g/mol. The van der Waals surface area contributed by atoms with Gasteiger partial charge in [0.2, 0.25) is 0 Å². The standard InChI is InChI=1S/C56H40N4/c57-35-37-18-29-50-49(33-37)54-48(16-9-17-51(54)56(50)30-7-2-8-31-56)47-28-27-44(45-14-5-6-15-46(45)47)39-21-25-41(26-22-39)53-34-52(59-55(60-53)42-11-3-1-4-12-42)40-23-19-38(20-24-40)43-13-10-32-58-36-43/h1,3-6,9-29,32-34,36H,2,7-8,30-31H2. The number of pyridine rings is 1. The van der Waals surface area contributed by atoms with Gasteiger partial charge in [0.25, 0.3) is 0 Å². The summed E-state index contributed by atoms with van der Waals surface area (Å²) in [4.78, 5) is 14.5. The highest BCUT2D eigenvalue weighted by atomic mass is 14.9. The van der Waals surface area contributed by atoms with Crippen molar-refractivity contribution >= 4 is 10.8 Å². The number of nitriles is 1. The number of rotatable bonds is 6. The van der Waals surface area contributed by atoms with Crippen LogP contribution in [-0.4, -0.2) is 15.0 Å². The van der Waals surface area contributed by atoms with Crippen molar-refractivity contribution in [2.24, 2.45) is 0 Å². The van der Waals surface area contributed by atoms with Crippen molar-refractivity contribution in [1.82, 2.24) is 15.0 Å². The average Bonchev–Trinajstić information content (AvgIpc) is 3.59. The van der Waals surface area contributed by atoms with E-state index in [9.17, 15) is 5.26 Å². The van der Waals surface area contributed by atoms with Crippen molar-refractivity contribution in [3.63, 3.8) is 0 Å². The molecule has 0 aliphatic heterocycles. The molecule has 0 N–H and O–H groups in total. The smallest absolute Gasteiger partial charge is 0.160 e. The highest BCUT2D eigenvalue weighted by Crippen LogP contribution is 2.58. The first kappa shape index (κ1) is 35.7. The first-order chi connectivity index (χ1) is 29.7. The van der Waals surface area contributed by atoms with E-state index in [0.29, 0.717) is 5.82 Å². The molecule has 1 saturated carbocycles. The fourth-order valence-electron chi connectivity index (χ4n) is 9.98. The Morgan fingerprint density at radius 3 is 1.80 bits per heavy atom. The summed E-state index contributed by atoms with van der Waals surface area (Å²) < 4.78 is 0. The van der Waals surface area contributed by atoms with E-state index in [-0.39, 0.29) is 5.41 Å². The maximum absolute atomic E-state index is 9.97. The van der Waals surface area contributed by atoms with Gasteiger partial charge in [-0.25, -0.2) is 9.97 Å². The lowest BCUT2D eigenvalue weighted by Gasteiger charge is -2.36. The van der Waals surface area contributed by atoms with E-state index in [1.807, 2.05) is 36.5 Å². The molecule has 2 aromatic heterocycles. The summed E-state index contributed by atoms with van der Waals surface area (Å²) in [5.74, 6) is 0.693. The highest BCUT2D eigenvalue weighted by Gasteiger charge is 2.44. The highest BCUT2D eigenvalue weighted by molar-refractivity contribution is 6.08. The van der Waals surface area contributed by atoms with Gasteiger partial charge in [0.1, 0.15) is 0 Å². The molecule has 0 bridgehead atoms. The van der Waals surface area contributed by atoms with Crippen molar-refractivity contribution in [2.45, 2.75) is 37.5 Å². The second-order valence-electron chi connectivity index (χ2n) is 16.2. The van der Waals surface area contributed by atoms with Crippen LogP contribution in [0.15, 0.2) is 182 Å². The predicted molar refractivity (Wildman–Crippen MR) is 244 cm³/mol. The average molecular weight is 769 g/mol. The Kier molecular flexibility index (Phi) is 8.75. The molecular weight excluding hydrogens is 729 g/mol. The minimum atomic E-state index is 0.0155. The lowest BCUT2D eigenvalue weighted by Crippen LogP contribution is -2.28. The zero-order chi connectivity index (χ0) is 40.0. The minimum Gasteiger partial charge on any atom is -0.264 e. The summed E-state index contributed by atoms with van der Waals surface area (Å²) in [6, 6.07) is 62.8. The van der Waals surface area contributed by atoms with Crippen LogP contribution in [0.2, 0.25) is 0 Å². The first-order valence-corrected chi connectivity index (χ1v) is 20.9. The maximum atomic E-state index is 9.97. The second kappa shape index (κ2) is 14.7. The lowest BCUT2D eigenvalue weighted by atomic mass is 9.67. The molecule has 60 heavy (non-hydrogen) atoms. The van der Waals surface area contributed by atoms with E-state index < -0.39 is 0 Å². The van der Waals surface area contributed by atoms with Crippen LogP contribution in [0.25, 0.3) is 89.2 Å². The molecule has 0 unspecified atom stereocenters. The Morgan fingerprint density at radius 1 is 0.450 bits per heavy atom. The quantitative estimate of drug-likeness (QED) is 0.169. The van der Waals surface area contributed by atoms with Crippen LogP contribution in [-0.2, 0) is 5.41 Å². The molecule has 11 rings (SSSR count). The number of fused-ring (bicyclic) bond motifs is 6. The van der Waals surface area contributed by atoms with Crippen LogP contribution < -0.4 is 0 Å². The molecule has 284 valence electrons. The Labute approximate surface area is 350 Å². The van der Waals surface area contributed by atoms with Crippen molar-refractivity contribution in [3.05, 3.63) is 199 Å². The SMILES string of the molecule is N#Cc1ccc2c(c1)-c1c(-c3ccc(-c4ccc(-c5cc(-c6ccc(-c7cccnc7)cc6)nc(-c6ccccc6)n5)cc4)c4ccccc34)cccc1C21CCCCC1. The summed E-state index contributed by atoms with van der Waals surface area (Å²) in [7, 11) is 0. The first-order valence-electron chi connectivity index (χ1n) is 20.9. The van der Waals surface area contributed by atoms with Gasteiger partial charge < -0.3 is 0 Å². The van der Waals surface area contributed by atoms with Crippen LogP contribution >= 0.6 is 0 Å². The van der Waals surface area contributed by atoms with Crippen LogP contribution in [0.4, 0.5) is 0 Å². The van der Waals surface area contributed by atoms with E-state index in [4.69, 9.17) is 9.97 Å². The van der Waals surface area contributed by atoms with E-state index in [2.05, 4.69) is 151 Å². The van der Waals surface area contributed by atoms with Crippen LogP contribution in [0.5, 0.6) is 0 Å². The van der Waals surface area contributed by atoms with Gasteiger partial charge in [-0.05, 0) is 104 Å². The fraction of sp³-hybridized carbons (Fsp3) is 0.107. The van der Waals surface area contributed by atoms with Gasteiger partial charge in [-0.1, -0.05) is 165 Å². The van der Waals surface area contributed by atoms with Gasteiger partial charge in [0.15, 0.2) is 5.82 Å². The molecule has 0 saturated heterocycles. The number of aromatic nitrogens is 3. The maximum Gasteiger partial charge on any atom is 0.160 e. The molecule has 7 aromatic carbocycles. The van der Waals surface area contributed by atoms with Crippen molar-refractivity contribution in [3.8, 4) is 84.5 Å². The Balaban J connectivity index is 0.984. The largest absolute Gasteiger partial charge is 0.264 e. The molecule has 0 amide bonds. The number of hydrogen-bond donors (Lipinski definition) is 0. The molecule has 0 radical (unpaired) electrons. The molecular formula is C56H40N4. The molecule has 0 atom stereocenters. The molecule has 9 aromatic rings. The summed E-state index contributed by atoms with van der Waals surface area (Å²) in [6.45, 7) is 0. The van der Waals surface area contributed by atoms with Crippen molar-refractivity contribution in [1.29, 1.82) is 5.26 Å². The Bertz CT molecular complexity index is 3100. The Hall–Kier alpha value is -7.48. The van der Waals surface area contributed by atoms with Gasteiger partial charge in [-0.2, -0.15) is 5.26 Å². The third kappa shape index (κ3) is 6.01. The fourth-order valence-corrected chi connectivity index (χ4v) is 9.98. The summed E-state index contributed by atoms with van der Waals surface area (Å²) >= 11 is 0. The third-order valence-electron chi connectivity index (χ3n) is 12.9. The van der Waals surface area contributed by atoms with E-state index in [1.54, 1.807) is 6.20 Å². The summed E-state index contributed by atoms with van der Waals surface area (Å²) in [6.07, 6.45) is 9.74. The molecule has 2 aliphatic carbocycles. The van der Waals surface area contributed by atoms with Gasteiger partial charge in [-0.3, -0.25) is 4.98 Å². The van der Waals surface area contributed by atoms with Crippen molar-refractivity contribution < 1.29 is 0 Å². The van der Waals surface area contributed by atoms with Gasteiger partial charge >= 0.3 is 0 Å². The summed E-state index contributed by atoms with van der Waals surface area (Å²) in [5, 5.41) is 12.4. The van der Waals surface area contributed by atoms with Crippen molar-refractivity contribution in [2.75, 3.05) is 0 Å². The van der Waals surface area contributed by atoms with Gasteiger partial charge in [0.05, 0.1) is 23.0 Å². The minimum absolute atomic E-state index is 0.0155. The zero-order valence-electron chi connectivity index (χ0n) is 33.1. The molecule has 1 spiro atoms. The predicted octanol–water partition coefficient (Wildman–Crippen LogP) is 14.1. The molecule has 2 aliphatic rings. The molecule has 4 nitrogen and oxygen atoms in total. The third-order valence-corrected chi connectivity index (χ3v) is 12.9. The van der Waals surface area contributed by atoms with Crippen LogP contribution in [0.3, 0.4) is 0 Å². The number of benzene rings is 7. The topological polar surface area (TPSA) is 62.5 Å². The van der Waals surface area contributed by atoms with E-state index >= 15 is 0 Å². The zero-order valence-corrected chi connectivity index (χ0v) is 33.1. The van der Waals surface area contributed by atoms with Crippen LogP contribution in [0.1, 0.15) is 48.8 Å². The Morgan fingerprint density at radius 2 is 1.10 bits per heavy atom. The molecule has 1 fully saturated rings. The number of nitrogens with zero attached hydrogens (tertiary/aromatic N) is 4. The summed E-state index contributed by atoms with van der Waals surface area (Å²) in [5.41, 5.74) is 17.9. The van der Waals surface area contributed by atoms with Gasteiger partial charge in [0, 0.05) is 34.5 Å². The normalized spacial score (nSPS) is 13.8. The molecule has 4 heteroatoms. The molecule has 2 heterocycles. The lowest BCUT2D eigenvalue weighted by molar-refractivity contribution is 0.353. The van der Waals surface area contributed by atoms with E-state index in [1.165, 1.54) is 69.0 Å². The van der Waals surface area contributed by atoms with E-state index in [0.717, 1.165) is 63.2 Å². The van der Waals surface area contributed by atoms with Crippen LogP contribution in [0, 0.1) is 11.3 Å². The second-order valence-corrected chi connectivity index (χ2v) is 16.2. The number of hydrogen-bond acceptors (Lipinski definition) is 4. The van der Waals surface area contributed by atoms with Gasteiger partial charge in [-0.15, -0.1) is 0 Å².